The maximum atomic E-state index is 5.76. The molecule has 3 aromatic rings. The van der Waals surface area contributed by atoms with Crippen LogP contribution in [-0.4, -0.2) is 19.7 Å². The number of hydrogen-bond acceptors (Lipinski definition) is 5. The van der Waals surface area contributed by atoms with E-state index in [2.05, 4.69) is 20.5 Å². The van der Waals surface area contributed by atoms with Crippen molar-refractivity contribution in [2.24, 2.45) is 5.84 Å². The number of nitrogens with zero attached hydrogens (tertiary/aromatic N) is 4. The van der Waals surface area contributed by atoms with E-state index in [4.69, 9.17) is 5.84 Å². The van der Waals surface area contributed by atoms with Crippen LogP contribution in [0.5, 0.6) is 0 Å². The summed E-state index contributed by atoms with van der Waals surface area (Å²) in [6.45, 7) is 2.77. The number of rotatable bonds is 4. The number of hydrogen-bond donors (Lipinski definition) is 2. The molecule has 1 aromatic carbocycles. The Morgan fingerprint density at radius 3 is 2.95 bits per heavy atom. The number of aromatic nitrogens is 4. The standard InChI is InChI=1S/C14H16N6/c1-2-20-14(17-9-18-20)13(19-15)11-5-3-7-12-10(11)6-4-8-16-12/h3-9,13,19H,2,15H2,1H3. The van der Waals surface area contributed by atoms with Gasteiger partial charge in [-0.25, -0.2) is 15.1 Å². The maximum absolute atomic E-state index is 5.76. The first-order chi connectivity index (χ1) is 9.85. The molecule has 0 bridgehead atoms. The van der Waals surface area contributed by atoms with Gasteiger partial charge in [0.2, 0.25) is 0 Å². The fraction of sp³-hybridized carbons (Fsp3) is 0.214. The molecular formula is C14H16N6. The van der Waals surface area contributed by atoms with Crippen molar-refractivity contribution < 1.29 is 0 Å². The summed E-state index contributed by atoms with van der Waals surface area (Å²) in [7, 11) is 0. The van der Waals surface area contributed by atoms with Gasteiger partial charge < -0.3 is 0 Å². The molecule has 6 nitrogen and oxygen atoms in total. The Bertz CT molecular complexity index is 715. The number of fused-ring (bicyclic) bond motifs is 1. The monoisotopic (exact) mass is 268 g/mol. The molecule has 20 heavy (non-hydrogen) atoms. The smallest absolute Gasteiger partial charge is 0.149 e. The normalized spacial score (nSPS) is 12.7. The van der Waals surface area contributed by atoms with E-state index in [9.17, 15) is 0 Å². The van der Waals surface area contributed by atoms with Gasteiger partial charge in [-0.2, -0.15) is 5.10 Å². The molecule has 3 N–H and O–H groups in total. The minimum Gasteiger partial charge on any atom is -0.270 e. The Kier molecular flexibility index (Phi) is 3.41. The van der Waals surface area contributed by atoms with Crippen LogP contribution in [0, 0.1) is 0 Å². The van der Waals surface area contributed by atoms with Gasteiger partial charge in [0.1, 0.15) is 18.2 Å². The van der Waals surface area contributed by atoms with Gasteiger partial charge in [-0.3, -0.25) is 10.8 Å². The van der Waals surface area contributed by atoms with Crippen LogP contribution in [0.25, 0.3) is 10.9 Å². The molecule has 102 valence electrons. The molecule has 0 aliphatic carbocycles. The Morgan fingerprint density at radius 1 is 1.25 bits per heavy atom. The third-order valence-electron chi connectivity index (χ3n) is 3.36. The minimum absolute atomic E-state index is 0.217. The van der Waals surface area contributed by atoms with E-state index in [1.165, 1.54) is 0 Å². The molecule has 6 heteroatoms. The number of pyridine rings is 1. The predicted octanol–water partition coefficient (Wildman–Crippen LogP) is 1.40. The number of nitrogens with two attached hydrogens (primary N) is 1. The summed E-state index contributed by atoms with van der Waals surface area (Å²) >= 11 is 0. The molecule has 0 fully saturated rings. The second-order valence-corrected chi connectivity index (χ2v) is 4.45. The lowest BCUT2D eigenvalue weighted by molar-refractivity contribution is 0.534. The highest BCUT2D eigenvalue weighted by Crippen LogP contribution is 2.26. The number of benzene rings is 1. The van der Waals surface area contributed by atoms with Gasteiger partial charge in [0.15, 0.2) is 0 Å². The van der Waals surface area contributed by atoms with Gasteiger partial charge >= 0.3 is 0 Å². The van der Waals surface area contributed by atoms with Crippen LogP contribution in [0.1, 0.15) is 24.4 Å². The van der Waals surface area contributed by atoms with E-state index < -0.39 is 0 Å². The van der Waals surface area contributed by atoms with Crippen molar-refractivity contribution in [3.05, 3.63) is 54.2 Å². The second kappa shape index (κ2) is 5.36. The lowest BCUT2D eigenvalue weighted by Gasteiger charge is -2.18. The highest BCUT2D eigenvalue weighted by molar-refractivity contribution is 5.82. The van der Waals surface area contributed by atoms with Crippen LogP contribution in [0.2, 0.25) is 0 Å². The zero-order valence-corrected chi connectivity index (χ0v) is 11.2. The Hall–Kier alpha value is -2.31. The molecule has 1 unspecified atom stereocenters. The summed E-state index contributed by atoms with van der Waals surface area (Å²) in [5.74, 6) is 6.56. The molecule has 0 saturated heterocycles. The van der Waals surface area contributed by atoms with Gasteiger partial charge in [-0.1, -0.05) is 18.2 Å². The zero-order chi connectivity index (χ0) is 13.9. The van der Waals surface area contributed by atoms with E-state index in [-0.39, 0.29) is 6.04 Å². The average Bonchev–Trinajstić information content (AvgIpc) is 2.97. The fourth-order valence-electron chi connectivity index (χ4n) is 2.42. The van der Waals surface area contributed by atoms with Gasteiger partial charge in [0.25, 0.3) is 0 Å². The SMILES string of the molecule is CCn1ncnc1C(NN)c1cccc2ncccc12. The second-order valence-electron chi connectivity index (χ2n) is 4.45. The first kappa shape index (κ1) is 12.7. The van der Waals surface area contributed by atoms with E-state index >= 15 is 0 Å². The van der Waals surface area contributed by atoms with Crippen LogP contribution < -0.4 is 11.3 Å². The van der Waals surface area contributed by atoms with Crippen molar-refractivity contribution in [2.75, 3.05) is 0 Å². The number of hydrazine groups is 1. The average molecular weight is 268 g/mol. The zero-order valence-electron chi connectivity index (χ0n) is 11.2. The first-order valence-electron chi connectivity index (χ1n) is 6.52. The maximum Gasteiger partial charge on any atom is 0.149 e. The Labute approximate surface area is 116 Å². The molecule has 0 aliphatic rings. The van der Waals surface area contributed by atoms with Crippen molar-refractivity contribution in [3.63, 3.8) is 0 Å². The van der Waals surface area contributed by atoms with Gasteiger partial charge in [0, 0.05) is 18.1 Å². The van der Waals surface area contributed by atoms with E-state index in [0.29, 0.717) is 0 Å². The molecule has 0 aliphatic heterocycles. The van der Waals surface area contributed by atoms with Crippen molar-refractivity contribution in [2.45, 2.75) is 19.5 Å². The van der Waals surface area contributed by atoms with Crippen molar-refractivity contribution in [3.8, 4) is 0 Å². The van der Waals surface area contributed by atoms with Crippen LogP contribution in [0.3, 0.4) is 0 Å². The van der Waals surface area contributed by atoms with Crippen molar-refractivity contribution in [1.29, 1.82) is 0 Å². The minimum atomic E-state index is -0.217. The van der Waals surface area contributed by atoms with E-state index in [1.54, 1.807) is 12.5 Å². The summed E-state index contributed by atoms with van der Waals surface area (Å²) in [5.41, 5.74) is 4.82. The molecule has 0 saturated carbocycles. The van der Waals surface area contributed by atoms with Gasteiger partial charge in [0.05, 0.1) is 5.52 Å². The highest BCUT2D eigenvalue weighted by atomic mass is 15.4. The third-order valence-corrected chi connectivity index (χ3v) is 3.36. The van der Waals surface area contributed by atoms with Gasteiger partial charge in [-0.15, -0.1) is 0 Å². The highest BCUT2D eigenvalue weighted by Gasteiger charge is 2.20. The van der Waals surface area contributed by atoms with Crippen LogP contribution >= 0.6 is 0 Å². The lowest BCUT2D eigenvalue weighted by Crippen LogP contribution is -2.31. The number of nitrogens with one attached hydrogen (secondary N) is 1. The first-order valence-corrected chi connectivity index (χ1v) is 6.52. The van der Waals surface area contributed by atoms with Crippen LogP contribution in [0.4, 0.5) is 0 Å². The van der Waals surface area contributed by atoms with E-state index in [1.807, 2.05) is 41.9 Å². The third kappa shape index (κ3) is 2.04. The fourth-order valence-corrected chi connectivity index (χ4v) is 2.42. The predicted molar refractivity (Wildman–Crippen MR) is 76.6 cm³/mol. The quantitative estimate of drug-likeness (QED) is 0.552. The largest absolute Gasteiger partial charge is 0.270 e. The molecule has 0 radical (unpaired) electrons. The van der Waals surface area contributed by atoms with E-state index in [0.717, 1.165) is 28.8 Å². The van der Waals surface area contributed by atoms with Crippen molar-refractivity contribution in [1.82, 2.24) is 25.2 Å². The Balaban J connectivity index is 2.17. The molecule has 1 atom stereocenters. The van der Waals surface area contributed by atoms with Crippen LogP contribution in [0.15, 0.2) is 42.9 Å². The van der Waals surface area contributed by atoms with Crippen LogP contribution in [-0.2, 0) is 6.54 Å². The molecular weight excluding hydrogens is 252 g/mol. The van der Waals surface area contributed by atoms with Gasteiger partial charge in [-0.05, 0) is 24.6 Å². The summed E-state index contributed by atoms with van der Waals surface area (Å²) < 4.78 is 1.83. The topological polar surface area (TPSA) is 81.7 Å². The van der Waals surface area contributed by atoms with Crippen molar-refractivity contribution >= 4 is 10.9 Å². The summed E-state index contributed by atoms with van der Waals surface area (Å²) in [4.78, 5) is 8.70. The molecule has 3 rings (SSSR count). The lowest BCUT2D eigenvalue weighted by atomic mass is 10.0. The molecule has 0 amide bonds. The Morgan fingerprint density at radius 2 is 2.15 bits per heavy atom. The molecule has 0 spiro atoms. The summed E-state index contributed by atoms with van der Waals surface area (Å²) in [6, 6.07) is 9.73. The number of aryl methyl sites for hydroxylation is 1. The summed E-state index contributed by atoms with van der Waals surface area (Å²) in [5, 5.41) is 5.26. The summed E-state index contributed by atoms with van der Waals surface area (Å²) in [6.07, 6.45) is 3.33. The molecule has 2 aromatic heterocycles. The molecule has 2 heterocycles.